The molecule has 162 valence electrons. The highest BCUT2D eigenvalue weighted by atomic mass is 19.1. The number of rotatable bonds is 6. The molecule has 1 aliphatic heterocycles. The number of benzene rings is 3. The van der Waals surface area contributed by atoms with E-state index >= 15 is 0 Å². The monoisotopic (exact) mass is 436 g/mol. The van der Waals surface area contributed by atoms with Crippen LogP contribution in [-0.2, 0) is 9.59 Å². The van der Waals surface area contributed by atoms with Gasteiger partial charge in [0.05, 0.1) is 25.5 Å². The highest BCUT2D eigenvalue weighted by molar-refractivity contribution is 6.46. The molecule has 0 bridgehead atoms. The first-order chi connectivity index (χ1) is 15.4. The number of halogens is 2. The summed E-state index contributed by atoms with van der Waals surface area (Å²) < 4.78 is 38.8. The van der Waals surface area contributed by atoms with E-state index in [2.05, 4.69) is 5.32 Å². The SMILES string of the molecule is COc1ccc(NC2=C(c3ccccc3)C(=O)N(c3cc(F)ccc3F)C2=O)cc1OC. The topological polar surface area (TPSA) is 67.9 Å². The molecule has 0 fully saturated rings. The van der Waals surface area contributed by atoms with Crippen molar-refractivity contribution in [3.05, 3.63) is 89.6 Å². The van der Waals surface area contributed by atoms with E-state index in [1.165, 1.54) is 14.2 Å². The molecular weight excluding hydrogens is 418 g/mol. The predicted molar refractivity (Wildman–Crippen MR) is 115 cm³/mol. The molecule has 0 spiro atoms. The molecular formula is C24H18F2N2O4. The Kier molecular flexibility index (Phi) is 5.59. The van der Waals surface area contributed by atoms with Crippen LogP contribution in [0.15, 0.2) is 72.4 Å². The number of carbonyl (C=O) groups excluding carboxylic acids is 2. The maximum atomic E-state index is 14.5. The van der Waals surface area contributed by atoms with E-state index in [1.54, 1.807) is 48.5 Å². The van der Waals surface area contributed by atoms with Crippen molar-refractivity contribution in [2.24, 2.45) is 0 Å². The molecule has 3 aromatic carbocycles. The van der Waals surface area contributed by atoms with E-state index in [-0.39, 0.29) is 11.3 Å². The van der Waals surface area contributed by atoms with Crippen LogP contribution in [0.5, 0.6) is 11.5 Å². The van der Waals surface area contributed by atoms with Crippen molar-refractivity contribution in [2.45, 2.75) is 0 Å². The van der Waals surface area contributed by atoms with Crippen molar-refractivity contribution in [1.82, 2.24) is 0 Å². The van der Waals surface area contributed by atoms with Gasteiger partial charge >= 0.3 is 0 Å². The third kappa shape index (κ3) is 3.66. The van der Waals surface area contributed by atoms with Gasteiger partial charge in [-0.1, -0.05) is 30.3 Å². The summed E-state index contributed by atoms with van der Waals surface area (Å²) in [6.07, 6.45) is 0. The van der Waals surface area contributed by atoms with Gasteiger partial charge in [-0.05, 0) is 29.8 Å². The third-order valence-electron chi connectivity index (χ3n) is 4.95. The number of ether oxygens (including phenoxy) is 2. The van der Waals surface area contributed by atoms with Crippen molar-refractivity contribution >= 4 is 28.8 Å². The fourth-order valence-corrected chi connectivity index (χ4v) is 3.45. The number of imide groups is 1. The molecule has 0 atom stereocenters. The average Bonchev–Trinajstić information content (AvgIpc) is 3.05. The molecule has 3 aromatic rings. The van der Waals surface area contributed by atoms with Crippen LogP contribution in [0.2, 0.25) is 0 Å². The highest BCUT2D eigenvalue weighted by Gasteiger charge is 2.41. The van der Waals surface area contributed by atoms with Crippen LogP contribution in [0.4, 0.5) is 20.2 Å². The first-order valence-electron chi connectivity index (χ1n) is 9.57. The van der Waals surface area contributed by atoms with Crippen LogP contribution in [0.1, 0.15) is 5.56 Å². The summed E-state index contributed by atoms with van der Waals surface area (Å²) >= 11 is 0. The summed E-state index contributed by atoms with van der Waals surface area (Å²) in [7, 11) is 2.96. The van der Waals surface area contributed by atoms with Crippen molar-refractivity contribution in [3.8, 4) is 11.5 Å². The lowest BCUT2D eigenvalue weighted by atomic mass is 10.0. The summed E-state index contributed by atoms with van der Waals surface area (Å²) in [6.45, 7) is 0. The number of nitrogens with one attached hydrogen (secondary N) is 1. The Morgan fingerprint density at radius 1 is 0.812 bits per heavy atom. The zero-order chi connectivity index (χ0) is 22.8. The van der Waals surface area contributed by atoms with Crippen LogP contribution in [0.25, 0.3) is 5.57 Å². The van der Waals surface area contributed by atoms with Crippen molar-refractivity contribution in [3.63, 3.8) is 0 Å². The third-order valence-corrected chi connectivity index (χ3v) is 4.95. The Morgan fingerprint density at radius 2 is 1.53 bits per heavy atom. The van der Waals surface area contributed by atoms with Gasteiger partial charge in [-0.2, -0.15) is 0 Å². The number of hydrogen-bond acceptors (Lipinski definition) is 5. The molecule has 0 radical (unpaired) electrons. The summed E-state index contributed by atoms with van der Waals surface area (Å²) in [5.74, 6) is -2.36. The Labute approximate surface area is 182 Å². The maximum absolute atomic E-state index is 14.5. The molecule has 8 heteroatoms. The predicted octanol–water partition coefficient (Wildman–Crippen LogP) is 4.38. The molecule has 6 nitrogen and oxygen atoms in total. The second-order valence-corrected chi connectivity index (χ2v) is 6.85. The zero-order valence-corrected chi connectivity index (χ0v) is 17.2. The van der Waals surface area contributed by atoms with E-state index < -0.39 is 29.1 Å². The largest absolute Gasteiger partial charge is 0.493 e. The average molecular weight is 436 g/mol. The molecule has 0 unspecified atom stereocenters. The molecule has 0 aliphatic carbocycles. The summed E-state index contributed by atoms with van der Waals surface area (Å²) in [5, 5.41) is 2.95. The van der Waals surface area contributed by atoms with Gasteiger partial charge in [0, 0.05) is 17.8 Å². The molecule has 0 saturated heterocycles. The first-order valence-corrected chi connectivity index (χ1v) is 9.57. The molecule has 2 amide bonds. The number of carbonyl (C=O) groups is 2. The highest BCUT2D eigenvalue weighted by Crippen LogP contribution is 2.36. The van der Waals surface area contributed by atoms with Gasteiger partial charge in [-0.3, -0.25) is 9.59 Å². The van der Waals surface area contributed by atoms with Crippen LogP contribution >= 0.6 is 0 Å². The number of amides is 2. The van der Waals surface area contributed by atoms with Gasteiger partial charge in [0.2, 0.25) is 0 Å². The van der Waals surface area contributed by atoms with Gasteiger partial charge in [-0.25, -0.2) is 13.7 Å². The molecule has 1 heterocycles. The van der Waals surface area contributed by atoms with Crippen molar-refractivity contribution in [1.29, 1.82) is 0 Å². The number of methoxy groups -OCH3 is 2. The molecule has 1 N–H and O–H groups in total. The first kappa shape index (κ1) is 21.0. The lowest BCUT2D eigenvalue weighted by molar-refractivity contribution is -0.120. The van der Waals surface area contributed by atoms with E-state index in [0.717, 1.165) is 18.2 Å². The standard InChI is InChI=1S/C24H18F2N2O4/c1-31-19-11-9-16(13-20(19)32-2)27-22-21(14-6-4-3-5-7-14)23(29)28(24(22)30)18-12-15(25)8-10-17(18)26/h3-13,27H,1-2H3. The summed E-state index contributed by atoms with van der Waals surface area (Å²) in [5.41, 5.74) is 0.394. The Hall–Kier alpha value is -4.20. The Balaban J connectivity index is 1.83. The fourth-order valence-electron chi connectivity index (χ4n) is 3.45. The van der Waals surface area contributed by atoms with E-state index in [9.17, 15) is 18.4 Å². The van der Waals surface area contributed by atoms with Gasteiger partial charge in [0.15, 0.2) is 11.5 Å². The maximum Gasteiger partial charge on any atom is 0.282 e. The second-order valence-electron chi connectivity index (χ2n) is 6.85. The summed E-state index contributed by atoms with van der Waals surface area (Å²) in [4.78, 5) is 27.2. The minimum absolute atomic E-state index is 0.0362. The minimum atomic E-state index is -0.895. The van der Waals surface area contributed by atoms with E-state index in [1.807, 2.05) is 0 Å². The Bertz CT molecular complexity index is 1240. The van der Waals surface area contributed by atoms with Gasteiger partial charge < -0.3 is 14.8 Å². The van der Waals surface area contributed by atoms with Crippen molar-refractivity contribution in [2.75, 3.05) is 24.4 Å². The minimum Gasteiger partial charge on any atom is -0.493 e. The summed E-state index contributed by atoms with van der Waals surface area (Å²) in [6, 6.07) is 16.0. The number of anilines is 2. The van der Waals surface area contributed by atoms with Gasteiger partial charge in [0.25, 0.3) is 11.8 Å². The van der Waals surface area contributed by atoms with Crippen LogP contribution in [0.3, 0.4) is 0 Å². The Morgan fingerprint density at radius 3 is 2.22 bits per heavy atom. The smallest absolute Gasteiger partial charge is 0.282 e. The van der Waals surface area contributed by atoms with E-state index in [4.69, 9.17) is 9.47 Å². The zero-order valence-electron chi connectivity index (χ0n) is 17.2. The van der Waals surface area contributed by atoms with Crippen LogP contribution in [-0.4, -0.2) is 26.0 Å². The molecule has 0 aromatic heterocycles. The number of nitrogens with zero attached hydrogens (tertiary/aromatic N) is 1. The quantitative estimate of drug-likeness (QED) is 0.581. The van der Waals surface area contributed by atoms with Gasteiger partial charge in [0.1, 0.15) is 17.3 Å². The van der Waals surface area contributed by atoms with Crippen LogP contribution < -0.4 is 19.7 Å². The van der Waals surface area contributed by atoms with Gasteiger partial charge in [-0.15, -0.1) is 0 Å². The lowest BCUT2D eigenvalue weighted by Crippen LogP contribution is -2.33. The molecule has 0 saturated carbocycles. The van der Waals surface area contributed by atoms with Crippen molar-refractivity contribution < 1.29 is 27.8 Å². The fraction of sp³-hybridized carbons (Fsp3) is 0.0833. The molecule has 32 heavy (non-hydrogen) atoms. The normalized spacial score (nSPS) is 13.6. The van der Waals surface area contributed by atoms with Crippen LogP contribution in [0, 0.1) is 11.6 Å². The second kappa shape index (κ2) is 8.50. The number of hydrogen-bond donors (Lipinski definition) is 1. The molecule has 4 rings (SSSR count). The molecule has 1 aliphatic rings. The lowest BCUT2D eigenvalue weighted by Gasteiger charge is -2.16. The van der Waals surface area contributed by atoms with E-state index in [0.29, 0.717) is 27.6 Å².